The topological polar surface area (TPSA) is 49.3 Å². The molecule has 1 aromatic rings. The maximum Gasteiger partial charge on any atom is 0.194 e. The molecule has 6 heteroatoms. The van der Waals surface area contributed by atoms with E-state index in [4.69, 9.17) is 14.5 Å². The second kappa shape index (κ2) is 9.25. The highest BCUT2D eigenvalue weighted by molar-refractivity contribution is 5.80. The van der Waals surface area contributed by atoms with Crippen LogP contribution in [-0.4, -0.2) is 74.9 Å². The Morgan fingerprint density at radius 2 is 1.89 bits per heavy atom. The molecule has 0 aromatic heterocycles. The lowest BCUT2D eigenvalue weighted by Crippen LogP contribution is -2.41. The van der Waals surface area contributed by atoms with E-state index in [1.165, 1.54) is 24.0 Å². The monoisotopic (exact) mass is 386 g/mol. The first kappa shape index (κ1) is 19.7. The molecule has 3 heterocycles. The smallest absolute Gasteiger partial charge is 0.194 e. The lowest BCUT2D eigenvalue weighted by Gasteiger charge is -2.27. The van der Waals surface area contributed by atoms with Crippen molar-refractivity contribution in [2.24, 2.45) is 10.4 Å². The molecule has 1 aromatic carbocycles. The minimum atomic E-state index is 0.352. The fourth-order valence-electron chi connectivity index (χ4n) is 4.54. The van der Waals surface area contributed by atoms with Gasteiger partial charge in [0.05, 0.1) is 26.4 Å². The Bertz CT molecular complexity index is 666. The summed E-state index contributed by atoms with van der Waals surface area (Å²) in [7, 11) is 0. The van der Waals surface area contributed by atoms with Gasteiger partial charge in [-0.1, -0.05) is 24.3 Å². The maximum atomic E-state index is 5.69. The Hall–Kier alpha value is -1.63. The van der Waals surface area contributed by atoms with Gasteiger partial charge in [0.25, 0.3) is 0 Å². The van der Waals surface area contributed by atoms with Gasteiger partial charge in [-0.2, -0.15) is 0 Å². The van der Waals surface area contributed by atoms with Gasteiger partial charge >= 0.3 is 0 Å². The first-order valence-corrected chi connectivity index (χ1v) is 10.8. The molecule has 0 aliphatic carbocycles. The van der Waals surface area contributed by atoms with E-state index in [-0.39, 0.29) is 0 Å². The second-order valence-corrected chi connectivity index (χ2v) is 8.30. The number of morpholine rings is 1. The fourth-order valence-corrected chi connectivity index (χ4v) is 4.54. The van der Waals surface area contributed by atoms with Crippen LogP contribution in [0, 0.1) is 5.41 Å². The number of aliphatic imine (C=N–C) groups is 1. The lowest BCUT2D eigenvalue weighted by atomic mass is 9.87. The maximum absolute atomic E-state index is 5.69. The molecular weight excluding hydrogens is 352 g/mol. The standard InChI is InChI=1S/C22H34N4O2/c1-2-23-21(26-9-7-22(17-26)8-12-28-18-22)24-15-19-5-3-4-6-20(19)16-25-10-13-27-14-11-25/h3-6H,2,7-18H2,1H3,(H,23,24). The van der Waals surface area contributed by atoms with Gasteiger partial charge in [-0.15, -0.1) is 0 Å². The molecule has 28 heavy (non-hydrogen) atoms. The third kappa shape index (κ3) is 4.67. The van der Waals surface area contributed by atoms with Gasteiger partial charge in [0.2, 0.25) is 0 Å². The van der Waals surface area contributed by atoms with E-state index in [0.29, 0.717) is 5.41 Å². The van der Waals surface area contributed by atoms with E-state index >= 15 is 0 Å². The van der Waals surface area contributed by atoms with Crippen LogP contribution in [0.15, 0.2) is 29.3 Å². The zero-order valence-electron chi connectivity index (χ0n) is 17.2. The summed E-state index contributed by atoms with van der Waals surface area (Å²) in [6.07, 6.45) is 2.40. The van der Waals surface area contributed by atoms with Crippen LogP contribution in [0.5, 0.6) is 0 Å². The Balaban J connectivity index is 1.43. The van der Waals surface area contributed by atoms with Gasteiger partial charge in [0.1, 0.15) is 0 Å². The average molecular weight is 387 g/mol. The van der Waals surface area contributed by atoms with Gasteiger partial charge in [-0.3, -0.25) is 4.90 Å². The largest absolute Gasteiger partial charge is 0.381 e. The minimum Gasteiger partial charge on any atom is -0.381 e. The summed E-state index contributed by atoms with van der Waals surface area (Å²) in [6.45, 7) is 12.4. The van der Waals surface area contributed by atoms with Crippen molar-refractivity contribution in [3.05, 3.63) is 35.4 Å². The number of hydrogen-bond acceptors (Lipinski definition) is 4. The summed E-state index contributed by atoms with van der Waals surface area (Å²) in [6, 6.07) is 8.73. The molecule has 1 atom stereocenters. The van der Waals surface area contributed by atoms with Crippen LogP contribution in [-0.2, 0) is 22.6 Å². The molecule has 3 saturated heterocycles. The Morgan fingerprint density at radius 3 is 2.64 bits per heavy atom. The van der Waals surface area contributed by atoms with Crippen LogP contribution in [0.25, 0.3) is 0 Å². The van der Waals surface area contributed by atoms with Gasteiger partial charge in [0, 0.05) is 51.3 Å². The zero-order chi connectivity index (χ0) is 19.2. The van der Waals surface area contributed by atoms with Crippen molar-refractivity contribution in [1.82, 2.24) is 15.1 Å². The lowest BCUT2D eigenvalue weighted by molar-refractivity contribution is 0.0341. The van der Waals surface area contributed by atoms with Crippen LogP contribution in [0.1, 0.15) is 30.9 Å². The molecule has 4 rings (SSSR count). The van der Waals surface area contributed by atoms with Crippen LogP contribution in [0.4, 0.5) is 0 Å². The predicted octanol–water partition coefficient (Wildman–Crippen LogP) is 2.10. The number of ether oxygens (including phenoxy) is 2. The summed E-state index contributed by atoms with van der Waals surface area (Å²) in [4.78, 5) is 9.93. The van der Waals surface area contributed by atoms with Crippen LogP contribution >= 0.6 is 0 Å². The quantitative estimate of drug-likeness (QED) is 0.620. The van der Waals surface area contributed by atoms with Crippen LogP contribution in [0.3, 0.4) is 0 Å². The highest BCUT2D eigenvalue weighted by Gasteiger charge is 2.42. The summed E-state index contributed by atoms with van der Waals surface area (Å²) in [5.41, 5.74) is 3.05. The molecule has 1 spiro atoms. The van der Waals surface area contributed by atoms with Crippen molar-refractivity contribution < 1.29 is 9.47 Å². The minimum absolute atomic E-state index is 0.352. The molecule has 3 fully saturated rings. The predicted molar refractivity (Wildman–Crippen MR) is 111 cm³/mol. The van der Waals surface area contributed by atoms with Crippen LogP contribution in [0.2, 0.25) is 0 Å². The fraction of sp³-hybridized carbons (Fsp3) is 0.682. The van der Waals surface area contributed by atoms with E-state index in [0.717, 1.165) is 78.2 Å². The van der Waals surface area contributed by atoms with Gasteiger partial charge in [-0.05, 0) is 30.9 Å². The molecular formula is C22H34N4O2. The number of benzene rings is 1. The van der Waals surface area contributed by atoms with Gasteiger partial charge in [0.15, 0.2) is 5.96 Å². The molecule has 0 saturated carbocycles. The van der Waals surface area contributed by atoms with E-state index < -0.39 is 0 Å². The molecule has 0 amide bonds. The number of guanidine groups is 1. The number of nitrogens with zero attached hydrogens (tertiary/aromatic N) is 3. The number of nitrogens with one attached hydrogen (secondary N) is 1. The molecule has 3 aliphatic heterocycles. The molecule has 0 radical (unpaired) electrons. The van der Waals surface area contributed by atoms with E-state index in [1.54, 1.807) is 0 Å². The van der Waals surface area contributed by atoms with Crippen molar-refractivity contribution in [2.45, 2.75) is 32.9 Å². The third-order valence-electron chi connectivity index (χ3n) is 6.27. The Morgan fingerprint density at radius 1 is 1.07 bits per heavy atom. The number of likely N-dealkylation sites (tertiary alicyclic amines) is 1. The normalized spacial score (nSPS) is 26.3. The average Bonchev–Trinajstić information content (AvgIpc) is 3.37. The van der Waals surface area contributed by atoms with Crippen molar-refractivity contribution >= 4 is 5.96 Å². The van der Waals surface area contributed by atoms with Crippen molar-refractivity contribution in [3.63, 3.8) is 0 Å². The van der Waals surface area contributed by atoms with Crippen molar-refractivity contribution in [2.75, 3.05) is 59.2 Å². The Labute approximate surface area is 168 Å². The molecule has 0 bridgehead atoms. The molecule has 3 aliphatic rings. The highest BCUT2D eigenvalue weighted by Crippen LogP contribution is 2.38. The van der Waals surface area contributed by atoms with Gasteiger partial charge < -0.3 is 19.7 Å². The van der Waals surface area contributed by atoms with Crippen molar-refractivity contribution in [1.29, 1.82) is 0 Å². The van der Waals surface area contributed by atoms with E-state index in [2.05, 4.69) is 46.3 Å². The summed E-state index contributed by atoms with van der Waals surface area (Å²) in [5.74, 6) is 1.05. The molecule has 6 nitrogen and oxygen atoms in total. The SMILES string of the molecule is CCNC(=NCc1ccccc1CN1CCOCC1)N1CCC2(CCOC2)C1. The zero-order valence-corrected chi connectivity index (χ0v) is 17.2. The molecule has 1 unspecified atom stereocenters. The molecule has 154 valence electrons. The second-order valence-electron chi connectivity index (χ2n) is 8.30. The van der Waals surface area contributed by atoms with E-state index in [1.807, 2.05) is 0 Å². The first-order chi connectivity index (χ1) is 13.8. The number of rotatable bonds is 5. The third-order valence-corrected chi connectivity index (χ3v) is 6.27. The summed E-state index contributed by atoms with van der Waals surface area (Å²) in [5, 5.41) is 3.51. The van der Waals surface area contributed by atoms with Gasteiger partial charge in [-0.25, -0.2) is 4.99 Å². The number of hydrogen-bond donors (Lipinski definition) is 1. The van der Waals surface area contributed by atoms with E-state index in [9.17, 15) is 0 Å². The van der Waals surface area contributed by atoms with Crippen molar-refractivity contribution in [3.8, 4) is 0 Å². The Kier molecular flexibility index (Phi) is 6.50. The summed E-state index contributed by atoms with van der Waals surface area (Å²) < 4.78 is 11.2. The molecule has 1 N–H and O–H groups in total. The first-order valence-electron chi connectivity index (χ1n) is 10.8. The van der Waals surface area contributed by atoms with Crippen LogP contribution < -0.4 is 5.32 Å². The highest BCUT2D eigenvalue weighted by atomic mass is 16.5. The summed E-state index contributed by atoms with van der Waals surface area (Å²) >= 11 is 0.